The molecule has 4 heteroatoms. The van der Waals surface area contributed by atoms with Gasteiger partial charge in [-0.3, -0.25) is 4.79 Å². The van der Waals surface area contributed by atoms with E-state index in [9.17, 15) is 9.59 Å². The number of hydrogen-bond donors (Lipinski definition) is 0. The van der Waals surface area contributed by atoms with E-state index in [0.29, 0.717) is 13.0 Å². The maximum Gasteiger partial charge on any atom is 0.328 e. The van der Waals surface area contributed by atoms with Crippen molar-refractivity contribution in [3.63, 3.8) is 0 Å². The minimum absolute atomic E-state index is 0.133. The average Bonchev–Trinajstić information content (AvgIpc) is 2.52. The third-order valence-corrected chi connectivity index (χ3v) is 3.72. The highest BCUT2D eigenvalue weighted by Crippen LogP contribution is 2.19. The molecule has 1 atom stereocenters. The Balaban J connectivity index is 2.08. The zero-order valence-electron chi connectivity index (χ0n) is 12.5. The topological polar surface area (TPSA) is 46.6 Å². The van der Waals surface area contributed by atoms with Gasteiger partial charge in [0.15, 0.2) is 0 Å². The molecule has 2 rings (SSSR count). The van der Waals surface area contributed by atoms with E-state index in [-0.39, 0.29) is 11.9 Å². The third-order valence-electron chi connectivity index (χ3n) is 3.72. The van der Waals surface area contributed by atoms with E-state index < -0.39 is 6.04 Å². The maximum atomic E-state index is 12.3. The van der Waals surface area contributed by atoms with Gasteiger partial charge in [0.2, 0.25) is 5.91 Å². The lowest BCUT2D eigenvalue weighted by Gasteiger charge is -2.32. The van der Waals surface area contributed by atoms with E-state index in [2.05, 4.69) is 0 Å². The van der Waals surface area contributed by atoms with Crippen LogP contribution in [0.25, 0.3) is 6.08 Å². The fraction of sp³-hybridized carbons (Fsp3) is 0.412. The normalized spacial score (nSPS) is 18.8. The van der Waals surface area contributed by atoms with E-state index in [4.69, 9.17) is 4.74 Å². The standard InChI is InChI=1S/C17H21NO3/c1-13-6-5-7-14(12-13)9-10-16(19)18-11-4-3-8-15(18)17(20)21-2/h5-7,9-10,12,15H,3-4,8,11H2,1-2H3/b10-9+/t15-/m1/s1. The Morgan fingerprint density at radius 2 is 2.14 bits per heavy atom. The molecule has 0 aromatic heterocycles. The smallest absolute Gasteiger partial charge is 0.328 e. The van der Waals surface area contributed by atoms with Crippen molar-refractivity contribution in [3.8, 4) is 0 Å². The Labute approximate surface area is 125 Å². The van der Waals surface area contributed by atoms with Crippen molar-refractivity contribution in [2.45, 2.75) is 32.2 Å². The molecular weight excluding hydrogens is 266 g/mol. The zero-order valence-corrected chi connectivity index (χ0v) is 12.5. The van der Waals surface area contributed by atoms with E-state index in [1.165, 1.54) is 13.2 Å². The molecule has 0 N–H and O–H groups in total. The van der Waals surface area contributed by atoms with Crippen LogP contribution >= 0.6 is 0 Å². The molecule has 1 aliphatic heterocycles. The first kappa shape index (κ1) is 15.3. The number of piperidine rings is 1. The molecule has 0 bridgehead atoms. The van der Waals surface area contributed by atoms with Gasteiger partial charge < -0.3 is 9.64 Å². The molecule has 0 radical (unpaired) electrons. The van der Waals surface area contributed by atoms with Crippen LogP contribution < -0.4 is 0 Å². The first-order chi connectivity index (χ1) is 10.1. The number of carbonyl (C=O) groups is 2. The van der Waals surface area contributed by atoms with Crippen molar-refractivity contribution in [1.29, 1.82) is 0 Å². The maximum absolute atomic E-state index is 12.3. The molecule has 1 heterocycles. The van der Waals surface area contributed by atoms with Gasteiger partial charge >= 0.3 is 5.97 Å². The number of nitrogens with zero attached hydrogens (tertiary/aromatic N) is 1. The van der Waals surface area contributed by atoms with Crippen LogP contribution in [0.3, 0.4) is 0 Å². The van der Waals surface area contributed by atoms with Crippen molar-refractivity contribution < 1.29 is 14.3 Å². The number of methoxy groups -OCH3 is 1. The van der Waals surface area contributed by atoms with Gasteiger partial charge in [0.1, 0.15) is 6.04 Å². The molecule has 4 nitrogen and oxygen atoms in total. The zero-order chi connectivity index (χ0) is 15.2. The van der Waals surface area contributed by atoms with Crippen LogP contribution in [0.1, 0.15) is 30.4 Å². The summed E-state index contributed by atoms with van der Waals surface area (Å²) in [5.74, 6) is -0.460. The molecule has 21 heavy (non-hydrogen) atoms. The van der Waals surface area contributed by atoms with Gasteiger partial charge in [-0.25, -0.2) is 4.79 Å². The van der Waals surface area contributed by atoms with Crippen molar-refractivity contribution in [2.75, 3.05) is 13.7 Å². The molecule has 112 valence electrons. The highest BCUT2D eigenvalue weighted by molar-refractivity contribution is 5.94. The second-order valence-electron chi connectivity index (χ2n) is 5.31. The summed E-state index contributed by atoms with van der Waals surface area (Å²) in [6, 6.07) is 7.48. The second-order valence-corrected chi connectivity index (χ2v) is 5.31. The summed E-state index contributed by atoms with van der Waals surface area (Å²) < 4.78 is 4.79. The Kier molecular flexibility index (Phi) is 5.14. The van der Waals surface area contributed by atoms with E-state index in [1.807, 2.05) is 31.2 Å². The molecule has 1 aliphatic rings. The van der Waals surface area contributed by atoms with Crippen LogP contribution in [0.2, 0.25) is 0 Å². The van der Waals surface area contributed by atoms with E-state index >= 15 is 0 Å². The van der Waals surface area contributed by atoms with Gasteiger partial charge in [0.05, 0.1) is 7.11 Å². The van der Waals surface area contributed by atoms with Gasteiger partial charge in [-0.1, -0.05) is 29.8 Å². The summed E-state index contributed by atoms with van der Waals surface area (Å²) in [5, 5.41) is 0. The molecular formula is C17H21NO3. The number of esters is 1. The van der Waals surface area contributed by atoms with Crippen LogP contribution in [-0.2, 0) is 14.3 Å². The summed E-state index contributed by atoms with van der Waals surface area (Å²) in [5.41, 5.74) is 2.13. The fourth-order valence-electron chi connectivity index (χ4n) is 2.61. The van der Waals surface area contributed by atoms with Gasteiger partial charge in [-0.15, -0.1) is 0 Å². The van der Waals surface area contributed by atoms with Gasteiger partial charge in [-0.05, 0) is 37.8 Å². The SMILES string of the molecule is COC(=O)[C@H]1CCCCN1C(=O)/C=C/c1cccc(C)c1. The molecule has 1 fully saturated rings. The second kappa shape index (κ2) is 7.07. The van der Waals surface area contributed by atoms with Crippen molar-refractivity contribution >= 4 is 18.0 Å². The average molecular weight is 287 g/mol. The third kappa shape index (κ3) is 3.94. The highest BCUT2D eigenvalue weighted by atomic mass is 16.5. The number of carbonyl (C=O) groups excluding carboxylic acids is 2. The predicted octanol–water partition coefficient (Wildman–Crippen LogP) is 2.56. The molecule has 1 saturated heterocycles. The number of amides is 1. The number of ether oxygens (including phenoxy) is 1. The summed E-state index contributed by atoms with van der Waals surface area (Å²) in [7, 11) is 1.36. The molecule has 1 aromatic carbocycles. The van der Waals surface area contributed by atoms with Crippen LogP contribution in [0.4, 0.5) is 0 Å². The van der Waals surface area contributed by atoms with Crippen LogP contribution in [0.15, 0.2) is 30.3 Å². The highest BCUT2D eigenvalue weighted by Gasteiger charge is 2.31. The predicted molar refractivity (Wildman–Crippen MR) is 81.6 cm³/mol. The first-order valence-electron chi connectivity index (χ1n) is 7.25. The molecule has 0 spiro atoms. The quantitative estimate of drug-likeness (QED) is 0.634. The monoisotopic (exact) mass is 287 g/mol. The lowest BCUT2D eigenvalue weighted by atomic mass is 10.0. The van der Waals surface area contributed by atoms with Gasteiger partial charge in [0.25, 0.3) is 0 Å². The minimum Gasteiger partial charge on any atom is -0.467 e. The van der Waals surface area contributed by atoms with Crippen molar-refractivity contribution in [2.24, 2.45) is 0 Å². The summed E-state index contributed by atoms with van der Waals surface area (Å²) in [6.45, 7) is 2.62. The Bertz CT molecular complexity index is 551. The van der Waals surface area contributed by atoms with Crippen LogP contribution in [-0.4, -0.2) is 36.5 Å². The van der Waals surface area contributed by atoms with E-state index in [1.54, 1.807) is 11.0 Å². The Morgan fingerprint density at radius 3 is 2.86 bits per heavy atom. The van der Waals surface area contributed by atoms with Crippen LogP contribution in [0, 0.1) is 6.92 Å². The van der Waals surface area contributed by atoms with E-state index in [0.717, 1.165) is 24.0 Å². The Hall–Kier alpha value is -2.10. The molecule has 0 unspecified atom stereocenters. The minimum atomic E-state index is -0.446. The number of rotatable bonds is 3. The van der Waals surface area contributed by atoms with Gasteiger partial charge in [0, 0.05) is 12.6 Å². The van der Waals surface area contributed by atoms with Crippen molar-refractivity contribution in [3.05, 3.63) is 41.5 Å². The van der Waals surface area contributed by atoms with Gasteiger partial charge in [-0.2, -0.15) is 0 Å². The lowest BCUT2D eigenvalue weighted by molar-refractivity contribution is -0.153. The lowest BCUT2D eigenvalue weighted by Crippen LogP contribution is -2.47. The largest absolute Gasteiger partial charge is 0.467 e. The summed E-state index contributed by atoms with van der Waals surface area (Å²) >= 11 is 0. The summed E-state index contributed by atoms with van der Waals surface area (Å²) in [6.07, 6.45) is 5.88. The van der Waals surface area contributed by atoms with Crippen LogP contribution in [0.5, 0.6) is 0 Å². The molecule has 0 aliphatic carbocycles. The fourth-order valence-corrected chi connectivity index (χ4v) is 2.61. The van der Waals surface area contributed by atoms with Crippen molar-refractivity contribution in [1.82, 2.24) is 4.90 Å². The molecule has 1 amide bonds. The molecule has 1 aromatic rings. The number of hydrogen-bond acceptors (Lipinski definition) is 3. The summed E-state index contributed by atoms with van der Waals surface area (Å²) in [4.78, 5) is 25.7. The first-order valence-corrected chi connectivity index (χ1v) is 7.25. The number of aryl methyl sites for hydroxylation is 1. The number of likely N-dealkylation sites (tertiary alicyclic amines) is 1. The number of benzene rings is 1. The Morgan fingerprint density at radius 1 is 1.33 bits per heavy atom. The molecule has 0 saturated carbocycles.